The van der Waals surface area contributed by atoms with E-state index < -0.39 is 5.41 Å². The van der Waals surface area contributed by atoms with Crippen LogP contribution in [0.5, 0.6) is 11.5 Å². The van der Waals surface area contributed by atoms with Crippen molar-refractivity contribution in [3.8, 4) is 78.9 Å². The molecule has 0 amide bonds. The van der Waals surface area contributed by atoms with E-state index in [9.17, 15) is 0 Å². The molecule has 0 radical (unpaired) electrons. The molecule has 0 atom stereocenters. The second-order valence-electron chi connectivity index (χ2n) is 16.1. The van der Waals surface area contributed by atoms with Gasteiger partial charge in [-0.1, -0.05) is 140 Å². The quantitative estimate of drug-likeness (QED) is 0.174. The second kappa shape index (κ2) is 13.4. The van der Waals surface area contributed by atoms with Crippen LogP contribution in [-0.2, 0) is 5.41 Å². The standard InChI is InChI=1S/C57H34N2O3/c1-2-15-45-43(14-1)44-34-39(28-29-46(44)57(45)47-16-3-7-20-51(47)60-52-21-8-4-17-48(52)57)38-13-11-12-37(30-38)35-24-26-36(27-25-35)40-31-41(55-58-49-18-5-9-22-53(49)61-55)33-42(32-40)56-59-50-19-6-10-23-54(50)62-56/h1-34H. The van der Waals surface area contributed by atoms with E-state index in [0.717, 1.165) is 72.6 Å². The van der Waals surface area contributed by atoms with Gasteiger partial charge in [-0.05, 0) is 122 Å². The van der Waals surface area contributed by atoms with Crippen molar-refractivity contribution in [3.05, 3.63) is 229 Å². The van der Waals surface area contributed by atoms with Gasteiger partial charge < -0.3 is 13.6 Å². The zero-order valence-corrected chi connectivity index (χ0v) is 33.2. The molecular formula is C57H34N2O3. The normalized spacial score (nSPS) is 13.1. The highest BCUT2D eigenvalue weighted by Crippen LogP contribution is 2.62. The summed E-state index contributed by atoms with van der Waals surface area (Å²) in [5, 5.41) is 0. The lowest BCUT2D eigenvalue weighted by atomic mass is 9.66. The molecule has 0 saturated carbocycles. The van der Waals surface area contributed by atoms with Crippen LogP contribution >= 0.6 is 0 Å². The van der Waals surface area contributed by atoms with Crippen LogP contribution in [0.3, 0.4) is 0 Å². The second-order valence-corrected chi connectivity index (χ2v) is 16.1. The third-order valence-corrected chi connectivity index (χ3v) is 12.6. The fourth-order valence-electron chi connectivity index (χ4n) is 9.80. The lowest BCUT2D eigenvalue weighted by molar-refractivity contribution is 0.436. The van der Waals surface area contributed by atoms with Crippen LogP contribution < -0.4 is 4.74 Å². The molecule has 13 rings (SSSR count). The first-order chi connectivity index (χ1) is 30.7. The van der Waals surface area contributed by atoms with E-state index in [0.29, 0.717) is 11.8 Å². The van der Waals surface area contributed by atoms with E-state index in [1.54, 1.807) is 0 Å². The Morgan fingerprint density at radius 3 is 1.39 bits per heavy atom. The van der Waals surface area contributed by atoms with Crippen molar-refractivity contribution in [2.24, 2.45) is 0 Å². The highest BCUT2D eigenvalue weighted by Gasteiger charge is 2.50. The maximum atomic E-state index is 6.53. The summed E-state index contributed by atoms with van der Waals surface area (Å²) >= 11 is 0. The molecular weight excluding hydrogens is 761 g/mol. The van der Waals surface area contributed by atoms with E-state index in [1.165, 1.54) is 38.9 Å². The summed E-state index contributed by atoms with van der Waals surface area (Å²) in [6.07, 6.45) is 0. The molecule has 1 aliphatic heterocycles. The van der Waals surface area contributed by atoms with E-state index in [4.69, 9.17) is 23.5 Å². The Labute approximate surface area is 357 Å². The summed E-state index contributed by atoms with van der Waals surface area (Å²) < 4.78 is 19.0. The van der Waals surface area contributed by atoms with Crippen molar-refractivity contribution in [1.29, 1.82) is 0 Å². The first-order valence-electron chi connectivity index (χ1n) is 20.9. The van der Waals surface area contributed by atoms with Crippen LogP contribution in [0.25, 0.3) is 89.6 Å². The zero-order chi connectivity index (χ0) is 40.8. The van der Waals surface area contributed by atoms with Gasteiger partial charge in [0.15, 0.2) is 11.2 Å². The number of hydrogen-bond donors (Lipinski definition) is 0. The average Bonchev–Trinajstić information content (AvgIpc) is 4.06. The lowest BCUT2D eigenvalue weighted by Crippen LogP contribution is -2.32. The molecule has 0 bridgehead atoms. The monoisotopic (exact) mass is 794 g/mol. The molecule has 3 heterocycles. The molecule has 1 aliphatic carbocycles. The molecule has 0 N–H and O–H groups in total. The van der Waals surface area contributed by atoms with Gasteiger partial charge in [0.2, 0.25) is 11.8 Å². The number of ether oxygens (including phenoxy) is 1. The van der Waals surface area contributed by atoms with Crippen molar-refractivity contribution in [2.75, 3.05) is 0 Å². The molecule has 1 spiro atoms. The van der Waals surface area contributed by atoms with Crippen molar-refractivity contribution in [2.45, 2.75) is 5.41 Å². The van der Waals surface area contributed by atoms with E-state index in [2.05, 4.69) is 152 Å². The van der Waals surface area contributed by atoms with Gasteiger partial charge in [0.05, 0.1) is 5.41 Å². The SMILES string of the molecule is c1cc(-c2ccc(-c3cc(-c4nc5ccccc5o4)cc(-c4nc5ccccc5o4)c3)cc2)cc(-c2ccc3c(c2)-c2ccccc2C32c3ccccc3Oc3ccccc32)c1. The first-order valence-corrected chi connectivity index (χ1v) is 20.9. The number of aromatic nitrogens is 2. The fourth-order valence-corrected chi connectivity index (χ4v) is 9.80. The van der Waals surface area contributed by atoms with Gasteiger partial charge in [0, 0.05) is 22.3 Å². The molecule has 62 heavy (non-hydrogen) atoms. The van der Waals surface area contributed by atoms with Crippen LogP contribution in [0, 0.1) is 0 Å². The Hall–Kier alpha value is -8.28. The summed E-state index contributed by atoms with van der Waals surface area (Å²) in [6.45, 7) is 0. The fraction of sp³-hybridized carbons (Fsp3) is 0.0175. The van der Waals surface area contributed by atoms with Crippen LogP contribution in [0.4, 0.5) is 0 Å². The summed E-state index contributed by atoms with van der Waals surface area (Å²) in [5.41, 5.74) is 18.4. The maximum absolute atomic E-state index is 6.53. The Morgan fingerprint density at radius 1 is 0.306 bits per heavy atom. The van der Waals surface area contributed by atoms with Gasteiger partial charge in [0.25, 0.3) is 0 Å². The number of para-hydroxylation sites is 6. The van der Waals surface area contributed by atoms with E-state index >= 15 is 0 Å². The van der Waals surface area contributed by atoms with Crippen LogP contribution in [0.15, 0.2) is 215 Å². The van der Waals surface area contributed by atoms with Crippen molar-refractivity contribution < 1.29 is 13.6 Å². The van der Waals surface area contributed by atoms with Gasteiger partial charge in [0.1, 0.15) is 22.5 Å². The topological polar surface area (TPSA) is 61.3 Å². The molecule has 2 aromatic heterocycles. The minimum absolute atomic E-state index is 0.481. The van der Waals surface area contributed by atoms with Crippen LogP contribution in [0.1, 0.15) is 22.3 Å². The third-order valence-electron chi connectivity index (χ3n) is 12.6. The molecule has 5 heteroatoms. The molecule has 2 aliphatic rings. The molecule has 0 unspecified atom stereocenters. The number of hydrogen-bond acceptors (Lipinski definition) is 5. The van der Waals surface area contributed by atoms with Crippen LogP contribution in [-0.4, -0.2) is 9.97 Å². The molecule has 290 valence electrons. The molecule has 9 aromatic carbocycles. The molecule has 11 aromatic rings. The van der Waals surface area contributed by atoms with Gasteiger partial charge >= 0.3 is 0 Å². The third kappa shape index (κ3) is 5.22. The number of oxazole rings is 2. The molecule has 5 nitrogen and oxygen atoms in total. The number of fused-ring (bicyclic) bond motifs is 11. The van der Waals surface area contributed by atoms with E-state index in [-0.39, 0.29) is 0 Å². The summed E-state index contributed by atoms with van der Waals surface area (Å²) in [5.74, 6) is 2.89. The highest BCUT2D eigenvalue weighted by atomic mass is 16.5. The Kier molecular flexibility index (Phi) is 7.45. The maximum Gasteiger partial charge on any atom is 0.227 e. The summed E-state index contributed by atoms with van der Waals surface area (Å²) in [6, 6.07) is 72.4. The molecule has 0 fully saturated rings. The molecule has 0 saturated heterocycles. The minimum atomic E-state index is -0.481. The van der Waals surface area contributed by atoms with E-state index in [1.807, 2.05) is 54.6 Å². The first kappa shape index (κ1) is 34.6. The van der Waals surface area contributed by atoms with Gasteiger partial charge in [-0.2, -0.15) is 0 Å². The van der Waals surface area contributed by atoms with Gasteiger partial charge in [-0.3, -0.25) is 0 Å². The number of rotatable bonds is 5. The zero-order valence-electron chi connectivity index (χ0n) is 33.2. The summed E-state index contributed by atoms with van der Waals surface area (Å²) in [4.78, 5) is 9.66. The van der Waals surface area contributed by atoms with Crippen LogP contribution in [0.2, 0.25) is 0 Å². The average molecular weight is 795 g/mol. The van der Waals surface area contributed by atoms with Gasteiger partial charge in [-0.15, -0.1) is 0 Å². The minimum Gasteiger partial charge on any atom is -0.457 e. The Morgan fingerprint density at radius 2 is 0.758 bits per heavy atom. The largest absolute Gasteiger partial charge is 0.457 e. The Bertz CT molecular complexity index is 3370. The Balaban J connectivity index is 0.878. The smallest absolute Gasteiger partial charge is 0.227 e. The summed E-state index contributed by atoms with van der Waals surface area (Å²) in [7, 11) is 0. The van der Waals surface area contributed by atoms with Crippen molar-refractivity contribution in [1.82, 2.24) is 9.97 Å². The highest BCUT2D eigenvalue weighted by molar-refractivity contribution is 5.91. The predicted octanol–water partition coefficient (Wildman–Crippen LogP) is 14.8. The lowest BCUT2D eigenvalue weighted by Gasteiger charge is -2.39. The predicted molar refractivity (Wildman–Crippen MR) is 246 cm³/mol. The number of benzene rings is 9. The number of nitrogens with zero attached hydrogens (tertiary/aromatic N) is 2. The van der Waals surface area contributed by atoms with Gasteiger partial charge in [-0.25, -0.2) is 9.97 Å². The van der Waals surface area contributed by atoms with Crippen molar-refractivity contribution >= 4 is 22.2 Å². The van der Waals surface area contributed by atoms with Crippen molar-refractivity contribution in [3.63, 3.8) is 0 Å².